The van der Waals surface area contributed by atoms with E-state index in [4.69, 9.17) is 4.74 Å². The molecule has 0 saturated heterocycles. The molecule has 0 aliphatic heterocycles. The van der Waals surface area contributed by atoms with Gasteiger partial charge in [0.15, 0.2) is 0 Å². The Hall–Kier alpha value is -1.24. The van der Waals surface area contributed by atoms with Gasteiger partial charge in [0, 0.05) is 37.8 Å². The standard InChI is InChI=1S/C13H20N4OS/c1-9(2)14-7-12-11(8-18-4)15-13(19-12)10-5-6-17(3)16-10/h5-6,9,14H,7-8H2,1-4H3. The van der Waals surface area contributed by atoms with E-state index in [1.807, 2.05) is 19.3 Å². The van der Waals surface area contributed by atoms with Gasteiger partial charge in [0.05, 0.1) is 12.3 Å². The van der Waals surface area contributed by atoms with E-state index in [-0.39, 0.29) is 0 Å². The molecule has 0 radical (unpaired) electrons. The number of hydrogen-bond donors (Lipinski definition) is 1. The highest BCUT2D eigenvalue weighted by Crippen LogP contribution is 2.27. The van der Waals surface area contributed by atoms with E-state index in [0.29, 0.717) is 12.6 Å². The fourth-order valence-electron chi connectivity index (χ4n) is 1.71. The first-order chi connectivity index (χ1) is 9.10. The van der Waals surface area contributed by atoms with Crippen LogP contribution in [0.1, 0.15) is 24.4 Å². The summed E-state index contributed by atoms with van der Waals surface area (Å²) in [5.41, 5.74) is 1.92. The van der Waals surface area contributed by atoms with Gasteiger partial charge in [-0.25, -0.2) is 4.98 Å². The van der Waals surface area contributed by atoms with Gasteiger partial charge < -0.3 is 10.1 Å². The summed E-state index contributed by atoms with van der Waals surface area (Å²) < 4.78 is 7.01. The molecule has 6 heteroatoms. The molecule has 0 saturated carbocycles. The SMILES string of the molecule is COCc1nc(-c2ccn(C)n2)sc1CNC(C)C. The van der Waals surface area contributed by atoms with Gasteiger partial charge in [0.25, 0.3) is 0 Å². The molecule has 0 aromatic carbocycles. The molecule has 0 spiro atoms. The molecule has 2 aromatic rings. The molecular weight excluding hydrogens is 260 g/mol. The zero-order valence-corrected chi connectivity index (χ0v) is 12.6. The van der Waals surface area contributed by atoms with Gasteiger partial charge >= 0.3 is 0 Å². The number of nitrogens with zero attached hydrogens (tertiary/aromatic N) is 3. The maximum atomic E-state index is 5.22. The average Bonchev–Trinajstić information content (AvgIpc) is 2.94. The lowest BCUT2D eigenvalue weighted by Gasteiger charge is -2.07. The van der Waals surface area contributed by atoms with Gasteiger partial charge in [0.1, 0.15) is 10.7 Å². The minimum Gasteiger partial charge on any atom is -0.378 e. The number of rotatable bonds is 6. The highest BCUT2D eigenvalue weighted by atomic mass is 32.1. The van der Waals surface area contributed by atoms with E-state index in [2.05, 4.69) is 29.2 Å². The molecule has 5 nitrogen and oxygen atoms in total. The zero-order chi connectivity index (χ0) is 13.8. The van der Waals surface area contributed by atoms with Crippen LogP contribution in [-0.4, -0.2) is 27.9 Å². The van der Waals surface area contributed by atoms with Gasteiger partial charge in [-0.2, -0.15) is 5.10 Å². The van der Waals surface area contributed by atoms with Crippen LogP contribution in [0.4, 0.5) is 0 Å². The second-order valence-corrected chi connectivity index (χ2v) is 5.82. The van der Waals surface area contributed by atoms with Crippen LogP contribution in [0.15, 0.2) is 12.3 Å². The summed E-state index contributed by atoms with van der Waals surface area (Å²) in [6, 6.07) is 2.44. The number of thiazole rings is 1. The van der Waals surface area contributed by atoms with E-state index < -0.39 is 0 Å². The highest BCUT2D eigenvalue weighted by Gasteiger charge is 2.14. The van der Waals surface area contributed by atoms with Gasteiger partial charge in [-0.1, -0.05) is 13.8 Å². The fourth-order valence-corrected chi connectivity index (χ4v) is 2.69. The van der Waals surface area contributed by atoms with Gasteiger partial charge in [-0.05, 0) is 6.07 Å². The average molecular weight is 280 g/mol. The minimum atomic E-state index is 0.454. The summed E-state index contributed by atoms with van der Waals surface area (Å²) in [4.78, 5) is 5.86. The van der Waals surface area contributed by atoms with Gasteiger partial charge in [-0.15, -0.1) is 11.3 Å². The lowest BCUT2D eigenvalue weighted by molar-refractivity contribution is 0.181. The van der Waals surface area contributed by atoms with E-state index in [0.717, 1.165) is 22.9 Å². The Bertz CT molecular complexity index is 532. The largest absolute Gasteiger partial charge is 0.378 e. The molecule has 2 rings (SSSR count). The van der Waals surface area contributed by atoms with E-state index in [1.165, 1.54) is 4.88 Å². The van der Waals surface area contributed by atoms with Crippen molar-refractivity contribution in [3.8, 4) is 10.7 Å². The second kappa shape index (κ2) is 6.27. The van der Waals surface area contributed by atoms with Crippen LogP contribution >= 0.6 is 11.3 Å². The molecular formula is C13H20N4OS. The van der Waals surface area contributed by atoms with Crippen LogP contribution in [0.2, 0.25) is 0 Å². The van der Waals surface area contributed by atoms with E-state index in [9.17, 15) is 0 Å². The zero-order valence-electron chi connectivity index (χ0n) is 11.8. The van der Waals surface area contributed by atoms with Crippen molar-refractivity contribution in [3.05, 3.63) is 22.8 Å². The van der Waals surface area contributed by atoms with Crippen molar-refractivity contribution >= 4 is 11.3 Å². The predicted octanol–water partition coefficient (Wildman–Crippen LogP) is 2.19. The lowest BCUT2D eigenvalue weighted by Crippen LogP contribution is -2.21. The third kappa shape index (κ3) is 3.62. The Morgan fingerprint density at radius 3 is 2.84 bits per heavy atom. The fraction of sp³-hybridized carbons (Fsp3) is 0.538. The van der Waals surface area contributed by atoms with Crippen molar-refractivity contribution < 1.29 is 4.74 Å². The normalized spacial score (nSPS) is 11.4. The quantitative estimate of drug-likeness (QED) is 0.881. The molecule has 2 aromatic heterocycles. The maximum Gasteiger partial charge on any atom is 0.144 e. The number of hydrogen-bond acceptors (Lipinski definition) is 5. The number of aryl methyl sites for hydroxylation is 1. The molecule has 0 aliphatic carbocycles. The Balaban J connectivity index is 2.23. The van der Waals surface area contributed by atoms with Crippen LogP contribution in [-0.2, 0) is 24.9 Å². The van der Waals surface area contributed by atoms with Crippen LogP contribution < -0.4 is 5.32 Å². The third-order valence-electron chi connectivity index (χ3n) is 2.66. The number of methoxy groups -OCH3 is 1. The lowest BCUT2D eigenvalue weighted by atomic mass is 10.3. The Morgan fingerprint density at radius 2 is 2.26 bits per heavy atom. The Morgan fingerprint density at radius 1 is 1.47 bits per heavy atom. The summed E-state index contributed by atoms with van der Waals surface area (Å²) in [6.07, 6.45) is 1.93. The molecule has 0 fully saturated rings. The first-order valence-electron chi connectivity index (χ1n) is 6.31. The van der Waals surface area contributed by atoms with Crippen molar-refractivity contribution in [1.29, 1.82) is 0 Å². The maximum absolute atomic E-state index is 5.22. The monoisotopic (exact) mass is 280 g/mol. The summed E-state index contributed by atoms with van der Waals surface area (Å²) in [6.45, 7) is 5.63. The summed E-state index contributed by atoms with van der Waals surface area (Å²) >= 11 is 1.68. The molecule has 0 aliphatic rings. The molecule has 0 bridgehead atoms. The smallest absolute Gasteiger partial charge is 0.144 e. The highest BCUT2D eigenvalue weighted by molar-refractivity contribution is 7.15. The van der Waals surface area contributed by atoms with Crippen LogP contribution in [0.3, 0.4) is 0 Å². The molecule has 2 heterocycles. The molecule has 0 amide bonds. The Labute approximate surface area is 117 Å². The van der Waals surface area contributed by atoms with Crippen LogP contribution in [0, 0.1) is 0 Å². The van der Waals surface area contributed by atoms with Crippen molar-refractivity contribution in [1.82, 2.24) is 20.1 Å². The predicted molar refractivity (Wildman–Crippen MR) is 77.0 cm³/mol. The molecule has 19 heavy (non-hydrogen) atoms. The number of ether oxygens (including phenoxy) is 1. The number of nitrogens with one attached hydrogen (secondary N) is 1. The van der Waals surface area contributed by atoms with Crippen molar-refractivity contribution in [2.45, 2.75) is 33.0 Å². The van der Waals surface area contributed by atoms with Gasteiger partial charge in [-0.3, -0.25) is 4.68 Å². The second-order valence-electron chi connectivity index (χ2n) is 4.73. The summed E-state index contributed by atoms with van der Waals surface area (Å²) in [5, 5.41) is 8.77. The molecule has 1 N–H and O–H groups in total. The molecule has 104 valence electrons. The van der Waals surface area contributed by atoms with Crippen molar-refractivity contribution in [2.24, 2.45) is 7.05 Å². The van der Waals surface area contributed by atoms with Gasteiger partial charge in [0.2, 0.25) is 0 Å². The van der Waals surface area contributed by atoms with E-state index >= 15 is 0 Å². The van der Waals surface area contributed by atoms with Crippen molar-refractivity contribution in [3.63, 3.8) is 0 Å². The molecule has 0 unspecified atom stereocenters. The summed E-state index contributed by atoms with van der Waals surface area (Å²) in [7, 11) is 3.61. The summed E-state index contributed by atoms with van der Waals surface area (Å²) in [5.74, 6) is 0. The molecule has 0 atom stereocenters. The number of aromatic nitrogens is 3. The third-order valence-corrected chi connectivity index (χ3v) is 3.78. The topological polar surface area (TPSA) is 52.0 Å². The minimum absolute atomic E-state index is 0.454. The Kier molecular flexibility index (Phi) is 4.68. The van der Waals surface area contributed by atoms with Crippen LogP contribution in [0.25, 0.3) is 10.7 Å². The first-order valence-corrected chi connectivity index (χ1v) is 7.12. The van der Waals surface area contributed by atoms with Crippen molar-refractivity contribution in [2.75, 3.05) is 7.11 Å². The first kappa shape index (κ1) is 14.2. The van der Waals surface area contributed by atoms with Crippen LogP contribution in [0.5, 0.6) is 0 Å². The van der Waals surface area contributed by atoms with E-state index in [1.54, 1.807) is 23.1 Å².